The van der Waals surface area contributed by atoms with Gasteiger partial charge in [0, 0.05) is 6.54 Å². The van der Waals surface area contributed by atoms with Gasteiger partial charge in [0.2, 0.25) is 0 Å². The minimum Gasteiger partial charge on any atom is -0.497 e. The van der Waals surface area contributed by atoms with E-state index in [2.05, 4.69) is 0 Å². The van der Waals surface area contributed by atoms with Gasteiger partial charge in [0.1, 0.15) is 17.4 Å². The van der Waals surface area contributed by atoms with Crippen molar-refractivity contribution in [2.45, 2.75) is 45.3 Å². The van der Waals surface area contributed by atoms with Crippen LogP contribution in [0, 0.1) is 5.92 Å². The van der Waals surface area contributed by atoms with Crippen LogP contribution in [0.5, 0.6) is 5.75 Å². The molecule has 24 heavy (non-hydrogen) atoms. The Hall–Kier alpha value is -2.24. The maximum Gasteiger partial charge on any atom is 0.411 e. The minimum atomic E-state index is -0.988. The predicted octanol–water partition coefficient (Wildman–Crippen LogP) is 2.95. The number of carboxylic acids is 1. The van der Waals surface area contributed by atoms with E-state index in [1.165, 1.54) is 4.90 Å². The van der Waals surface area contributed by atoms with E-state index in [1.54, 1.807) is 27.9 Å². The highest BCUT2D eigenvalue weighted by Gasteiger charge is 2.41. The van der Waals surface area contributed by atoms with Gasteiger partial charge < -0.3 is 14.6 Å². The van der Waals surface area contributed by atoms with Crippen molar-refractivity contribution < 1.29 is 24.2 Å². The van der Waals surface area contributed by atoms with Gasteiger partial charge in [-0.1, -0.05) is 12.1 Å². The first kappa shape index (κ1) is 18.1. The van der Waals surface area contributed by atoms with Crippen LogP contribution in [-0.2, 0) is 16.0 Å². The molecule has 6 nitrogen and oxygen atoms in total. The summed E-state index contributed by atoms with van der Waals surface area (Å²) in [6.07, 6.45) is 0.584. The standard InChI is InChI=1S/C18H25NO5/c1-18(2,3)24-17(22)19-11-13(10-15(19)16(20)21)9-12-5-7-14(23-4)8-6-12/h5-8,13,15H,9-11H2,1-4H3,(H,20,21)/t13-,15+/m1/s1. The molecule has 1 heterocycles. The summed E-state index contributed by atoms with van der Waals surface area (Å²) in [4.78, 5) is 25.1. The topological polar surface area (TPSA) is 76.1 Å². The largest absolute Gasteiger partial charge is 0.497 e. The Labute approximate surface area is 142 Å². The first-order valence-electron chi connectivity index (χ1n) is 8.05. The van der Waals surface area contributed by atoms with Crippen molar-refractivity contribution >= 4 is 12.1 Å². The van der Waals surface area contributed by atoms with E-state index in [4.69, 9.17) is 9.47 Å². The average molecular weight is 335 g/mol. The number of carboxylic acid groups (broad SMARTS) is 1. The number of methoxy groups -OCH3 is 1. The van der Waals surface area contributed by atoms with Crippen molar-refractivity contribution in [2.24, 2.45) is 5.92 Å². The zero-order valence-corrected chi connectivity index (χ0v) is 14.6. The van der Waals surface area contributed by atoms with Crippen molar-refractivity contribution in [3.63, 3.8) is 0 Å². The molecule has 1 aliphatic rings. The number of amides is 1. The molecule has 1 amide bonds. The quantitative estimate of drug-likeness (QED) is 0.915. The number of carbonyl (C=O) groups is 2. The number of rotatable bonds is 4. The van der Waals surface area contributed by atoms with Crippen molar-refractivity contribution in [3.8, 4) is 5.75 Å². The molecule has 0 aliphatic carbocycles. The summed E-state index contributed by atoms with van der Waals surface area (Å²) in [6.45, 7) is 5.70. The molecule has 2 atom stereocenters. The number of hydrogen-bond acceptors (Lipinski definition) is 4. The molecule has 0 bridgehead atoms. The van der Waals surface area contributed by atoms with Crippen molar-refractivity contribution in [1.29, 1.82) is 0 Å². The summed E-state index contributed by atoms with van der Waals surface area (Å²) in [6, 6.07) is 6.85. The molecule has 0 aromatic heterocycles. The highest BCUT2D eigenvalue weighted by atomic mass is 16.6. The van der Waals surface area contributed by atoms with Crippen LogP contribution < -0.4 is 4.74 Å². The minimum absolute atomic E-state index is 0.0898. The Morgan fingerprint density at radius 3 is 2.38 bits per heavy atom. The van der Waals surface area contributed by atoms with Gasteiger partial charge in [-0.25, -0.2) is 9.59 Å². The fourth-order valence-electron chi connectivity index (χ4n) is 2.92. The van der Waals surface area contributed by atoms with Gasteiger partial charge >= 0.3 is 12.1 Å². The Kier molecular flexibility index (Phi) is 5.36. The number of nitrogens with zero attached hydrogens (tertiary/aromatic N) is 1. The fourth-order valence-corrected chi connectivity index (χ4v) is 2.92. The monoisotopic (exact) mass is 335 g/mol. The van der Waals surface area contributed by atoms with Gasteiger partial charge in [-0.15, -0.1) is 0 Å². The van der Waals surface area contributed by atoms with Crippen LogP contribution in [0.4, 0.5) is 4.79 Å². The van der Waals surface area contributed by atoms with Gasteiger partial charge in [-0.2, -0.15) is 0 Å². The third kappa shape index (κ3) is 4.63. The Balaban J connectivity index is 2.05. The maximum absolute atomic E-state index is 12.3. The molecule has 1 aromatic carbocycles. The number of ether oxygens (including phenoxy) is 2. The number of hydrogen-bond donors (Lipinski definition) is 1. The van der Waals surface area contributed by atoms with Crippen molar-refractivity contribution in [3.05, 3.63) is 29.8 Å². The van der Waals surface area contributed by atoms with Crippen LogP contribution in [0.1, 0.15) is 32.8 Å². The molecule has 0 saturated carbocycles. The summed E-state index contributed by atoms with van der Waals surface area (Å²) >= 11 is 0. The van der Waals surface area contributed by atoms with E-state index in [9.17, 15) is 14.7 Å². The molecule has 2 rings (SSSR count). The normalized spacial score (nSPS) is 20.8. The lowest BCUT2D eigenvalue weighted by Crippen LogP contribution is -2.43. The molecular weight excluding hydrogens is 310 g/mol. The van der Waals surface area contributed by atoms with Crippen molar-refractivity contribution in [2.75, 3.05) is 13.7 Å². The van der Waals surface area contributed by atoms with Crippen LogP contribution >= 0.6 is 0 Å². The van der Waals surface area contributed by atoms with Gasteiger partial charge in [-0.3, -0.25) is 4.90 Å². The summed E-state index contributed by atoms with van der Waals surface area (Å²) < 4.78 is 10.5. The van der Waals surface area contributed by atoms with Crippen LogP contribution in [0.2, 0.25) is 0 Å². The van der Waals surface area contributed by atoms with Gasteiger partial charge in [0.25, 0.3) is 0 Å². The molecule has 1 aromatic rings. The van der Waals surface area contributed by atoms with Gasteiger partial charge in [0.15, 0.2) is 0 Å². The lowest BCUT2D eigenvalue weighted by Gasteiger charge is -2.26. The van der Waals surface area contributed by atoms with Gasteiger partial charge in [-0.05, 0) is 57.2 Å². The second-order valence-electron chi connectivity index (χ2n) is 7.14. The summed E-state index contributed by atoms with van der Waals surface area (Å²) in [5.41, 5.74) is 0.449. The van der Waals surface area contributed by atoms with Crippen LogP contribution in [0.3, 0.4) is 0 Å². The van der Waals surface area contributed by atoms with E-state index in [-0.39, 0.29) is 5.92 Å². The molecule has 0 spiro atoms. The molecule has 1 aliphatic heterocycles. The molecule has 0 unspecified atom stereocenters. The first-order valence-corrected chi connectivity index (χ1v) is 8.05. The third-order valence-electron chi connectivity index (χ3n) is 3.98. The molecule has 1 fully saturated rings. The Morgan fingerprint density at radius 1 is 1.25 bits per heavy atom. The zero-order valence-electron chi connectivity index (χ0n) is 14.6. The summed E-state index contributed by atoms with van der Waals surface area (Å²) in [7, 11) is 1.61. The number of aliphatic carboxylic acids is 1. The van der Waals surface area contributed by atoms with Crippen LogP contribution in [0.15, 0.2) is 24.3 Å². The lowest BCUT2D eigenvalue weighted by molar-refractivity contribution is -0.142. The Bertz CT molecular complexity index is 590. The molecular formula is C18H25NO5. The highest BCUT2D eigenvalue weighted by Crippen LogP contribution is 2.28. The van der Waals surface area contributed by atoms with Crippen LogP contribution in [-0.4, -0.2) is 47.4 Å². The SMILES string of the molecule is COc1ccc(C[C@@H]2C[C@@H](C(=O)O)N(C(=O)OC(C)(C)C)C2)cc1. The molecule has 0 radical (unpaired) electrons. The van der Waals surface area contributed by atoms with Crippen molar-refractivity contribution in [1.82, 2.24) is 4.90 Å². The van der Waals surface area contributed by atoms with E-state index < -0.39 is 23.7 Å². The first-order chi connectivity index (χ1) is 11.2. The fraction of sp³-hybridized carbons (Fsp3) is 0.556. The summed E-state index contributed by atoms with van der Waals surface area (Å²) in [5, 5.41) is 9.42. The number of carbonyl (C=O) groups excluding carboxylic acids is 1. The lowest BCUT2D eigenvalue weighted by atomic mass is 9.97. The maximum atomic E-state index is 12.3. The molecule has 6 heteroatoms. The highest BCUT2D eigenvalue weighted by molar-refractivity contribution is 5.81. The smallest absolute Gasteiger partial charge is 0.411 e. The van der Waals surface area contributed by atoms with E-state index >= 15 is 0 Å². The average Bonchev–Trinajstić information content (AvgIpc) is 2.90. The Morgan fingerprint density at radius 2 is 1.88 bits per heavy atom. The molecule has 132 valence electrons. The number of likely N-dealkylation sites (tertiary alicyclic amines) is 1. The van der Waals surface area contributed by atoms with E-state index in [0.29, 0.717) is 19.4 Å². The van der Waals surface area contributed by atoms with E-state index in [1.807, 2.05) is 24.3 Å². The van der Waals surface area contributed by atoms with Crippen LogP contribution in [0.25, 0.3) is 0 Å². The van der Waals surface area contributed by atoms with E-state index in [0.717, 1.165) is 11.3 Å². The second kappa shape index (κ2) is 7.11. The number of benzene rings is 1. The van der Waals surface area contributed by atoms with Gasteiger partial charge in [0.05, 0.1) is 7.11 Å². The zero-order chi connectivity index (χ0) is 17.9. The predicted molar refractivity (Wildman–Crippen MR) is 89.2 cm³/mol. The molecule has 1 saturated heterocycles. The second-order valence-corrected chi connectivity index (χ2v) is 7.14. The summed E-state index contributed by atoms with van der Waals surface area (Å²) in [5.74, 6) is -0.117. The molecule has 1 N–H and O–H groups in total. The third-order valence-corrected chi connectivity index (χ3v) is 3.98.